The molecule has 27 heavy (non-hydrogen) atoms. The monoisotopic (exact) mass is 380 g/mol. The van der Waals surface area contributed by atoms with Crippen LogP contribution in [0.2, 0.25) is 0 Å². The molecule has 0 saturated heterocycles. The van der Waals surface area contributed by atoms with Crippen molar-refractivity contribution in [3.05, 3.63) is 0 Å². The highest BCUT2D eigenvalue weighted by molar-refractivity contribution is 5.66. The SMILES string of the molecule is CC(=O)O[C@H]1CC[C@@]2(C)C[C@]23CC[C@H]2C[C@@](C)([C@H](O)CO)C[C@@H](O)[C@]2(C)[C@@H]13. The number of carbonyl (C=O) groups is 1. The largest absolute Gasteiger partial charge is 0.462 e. The van der Waals surface area contributed by atoms with Crippen LogP contribution in [0.4, 0.5) is 0 Å². The van der Waals surface area contributed by atoms with Gasteiger partial charge in [-0.05, 0) is 67.1 Å². The lowest BCUT2D eigenvalue weighted by Gasteiger charge is -2.63. The summed E-state index contributed by atoms with van der Waals surface area (Å²) in [6.07, 6.45) is 5.11. The Hall–Kier alpha value is -0.650. The Morgan fingerprint density at radius 1 is 1.19 bits per heavy atom. The molecule has 5 heteroatoms. The molecule has 0 aromatic heterocycles. The van der Waals surface area contributed by atoms with Crippen molar-refractivity contribution in [2.75, 3.05) is 6.61 Å². The van der Waals surface area contributed by atoms with Crippen LogP contribution in [0.5, 0.6) is 0 Å². The minimum absolute atomic E-state index is 0.118. The second-order valence-corrected chi connectivity index (χ2v) is 10.9. The van der Waals surface area contributed by atoms with Crippen molar-refractivity contribution in [2.24, 2.45) is 33.5 Å². The van der Waals surface area contributed by atoms with E-state index in [2.05, 4.69) is 13.8 Å². The van der Waals surface area contributed by atoms with Crippen LogP contribution in [0, 0.1) is 33.5 Å². The van der Waals surface area contributed by atoms with Gasteiger partial charge in [-0.25, -0.2) is 0 Å². The Bertz CT molecular complexity index is 636. The number of esters is 1. The summed E-state index contributed by atoms with van der Waals surface area (Å²) in [6.45, 7) is 7.80. The molecule has 4 fully saturated rings. The normalized spacial score (nSPS) is 54.9. The van der Waals surface area contributed by atoms with Gasteiger partial charge in [-0.15, -0.1) is 0 Å². The van der Waals surface area contributed by atoms with Crippen LogP contribution in [0.3, 0.4) is 0 Å². The molecule has 0 aromatic rings. The summed E-state index contributed by atoms with van der Waals surface area (Å²) < 4.78 is 5.84. The second kappa shape index (κ2) is 5.93. The number of carbonyl (C=O) groups excluding carboxylic acids is 1. The first-order valence-corrected chi connectivity index (χ1v) is 10.7. The summed E-state index contributed by atoms with van der Waals surface area (Å²) in [5.74, 6) is 0.220. The standard InChI is InChI=1S/C22H36O5/c1-13(24)27-15-6-7-20(3)12-22(20)8-5-14-9-19(2,17(26)11-23)10-16(25)21(14,4)18(15)22/h14-18,23,25-26H,5-12H2,1-4H3/t14-,15-,16+,17+,18+,19+,20-,21+,22-/m0/s1. The minimum atomic E-state index is -0.811. The molecule has 0 unspecified atom stereocenters. The quantitative estimate of drug-likeness (QED) is 0.655. The van der Waals surface area contributed by atoms with Crippen LogP contribution in [-0.2, 0) is 9.53 Å². The van der Waals surface area contributed by atoms with Crippen LogP contribution in [0.1, 0.15) is 72.6 Å². The third-order valence-electron chi connectivity index (χ3n) is 9.60. The number of aliphatic hydroxyl groups is 3. The molecular weight excluding hydrogens is 344 g/mol. The number of aliphatic hydroxyl groups excluding tert-OH is 3. The Balaban J connectivity index is 1.71. The van der Waals surface area contributed by atoms with Gasteiger partial charge in [0.2, 0.25) is 0 Å². The van der Waals surface area contributed by atoms with Gasteiger partial charge in [0, 0.05) is 18.3 Å². The topological polar surface area (TPSA) is 87.0 Å². The average molecular weight is 381 g/mol. The highest BCUT2D eigenvalue weighted by Crippen LogP contribution is 2.82. The Morgan fingerprint density at radius 2 is 1.89 bits per heavy atom. The summed E-state index contributed by atoms with van der Waals surface area (Å²) in [6, 6.07) is 0. The summed E-state index contributed by atoms with van der Waals surface area (Å²) in [7, 11) is 0. The van der Waals surface area contributed by atoms with Crippen LogP contribution >= 0.6 is 0 Å². The Kier molecular flexibility index (Phi) is 4.32. The maximum absolute atomic E-state index is 11.8. The Morgan fingerprint density at radius 3 is 2.52 bits per heavy atom. The van der Waals surface area contributed by atoms with Gasteiger partial charge in [0.05, 0.1) is 18.8 Å². The van der Waals surface area contributed by atoms with E-state index < -0.39 is 17.6 Å². The van der Waals surface area contributed by atoms with Crippen molar-refractivity contribution in [3.8, 4) is 0 Å². The van der Waals surface area contributed by atoms with E-state index in [1.165, 1.54) is 13.3 Å². The molecule has 4 aliphatic rings. The van der Waals surface area contributed by atoms with Crippen LogP contribution < -0.4 is 0 Å². The molecule has 5 nitrogen and oxygen atoms in total. The molecule has 0 heterocycles. The molecule has 4 rings (SSSR count). The third-order valence-corrected chi connectivity index (χ3v) is 9.60. The maximum atomic E-state index is 11.8. The molecule has 0 amide bonds. The highest BCUT2D eigenvalue weighted by atomic mass is 16.5. The second-order valence-electron chi connectivity index (χ2n) is 10.9. The van der Waals surface area contributed by atoms with Crippen molar-refractivity contribution in [3.63, 3.8) is 0 Å². The van der Waals surface area contributed by atoms with Gasteiger partial charge in [-0.1, -0.05) is 20.8 Å². The summed E-state index contributed by atoms with van der Waals surface area (Å²) in [5, 5.41) is 31.3. The number of hydrogen-bond donors (Lipinski definition) is 3. The molecule has 0 aliphatic heterocycles. The lowest BCUT2D eigenvalue weighted by atomic mass is 9.43. The van der Waals surface area contributed by atoms with Crippen molar-refractivity contribution in [1.29, 1.82) is 0 Å². The van der Waals surface area contributed by atoms with Gasteiger partial charge < -0.3 is 20.1 Å². The van der Waals surface area contributed by atoms with Gasteiger partial charge in [0.25, 0.3) is 0 Å². The van der Waals surface area contributed by atoms with Crippen molar-refractivity contribution in [1.82, 2.24) is 0 Å². The van der Waals surface area contributed by atoms with E-state index in [4.69, 9.17) is 4.74 Å². The van der Waals surface area contributed by atoms with E-state index in [9.17, 15) is 20.1 Å². The smallest absolute Gasteiger partial charge is 0.302 e. The Labute approximate surface area is 162 Å². The predicted octanol–water partition coefficient (Wildman–Crippen LogP) is 2.66. The zero-order chi connectivity index (χ0) is 19.8. The molecule has 9 atom stereocenters. The van der Waals surface area contributed by atoms with E-state index in [-0.39, 0.29) is 41.3 Å². The fourth-order valence-corrected chi connectivity index (χ4v) is 7.94. The van der Waals surface area contributed by atoms with Crippen LogP contribution in [-0.4, -0.2) is 46.2 Å². The summed E-state index contributed by atoms with van der Waals surface area (Å²) in [4.78, 5) is 11.8. The lowest BCUT2D eigenvalue weighted by Crippen LogP contribution is -2.63. The van der Waals surface area contributed by atoms with Crippen LogP contribution in [0.25, 0.3) is 0 Å². The van der Waals surface area contributed by atoms with Crippen LogP contribution in [0.15, 0.2) is 0 Å². The van der Waals surface area contributed by atoms with Gasteiger partial charge in [0.1, 0.15) is 6.10 Å². The molecule has 0 bridgehead atoms. The number of ether oxygens (including phenoxy) is 1. The zero-order valence-corrected chi connectivity index (χ0v) is 17.2. The summed E-state index contributed by atoms with van der Waals surface area (Å²) in [5.41, 5.74) is -0.291. The van der Waals surface area contributed by atoms with Crippen molar-refractivity contribution < 1.29 is 24.9 Å². The van der Waals surface area contributed by atoms with Gasteiger partial charge in [0.15, 0.2) is 0 Å². The predicted molar refractivity (Wildman–Crippen MR) is 101 cm³/mol. The fraction of sp³-hybridized carbons (Fsp3) is 0.955. The molecule has 154 valence electrons. The molecule has 0 radical (unpaired) electrons. The first kappa shape index (κ1) is 19.7. The first-order valence-electron chi connectivity index (χ1n) is 10.7. The van der Waals surface area contributed by atoms with Gasteiger partial charge in [-0.3, -0.25) is 4.79 Å². The minimum Gasteiger partial charge on any atom is -0.462 e. The number of rotatable bonds is 3. The molecule has 4 aliphatic carbocycles. The lowest BCUT2D eigenvalue weighted by molar-refractivity contribution is -0.222. The van der Waals surface area contributed by atoms with E-state index in [0.29, 0.717) is 11.8 Å². The highest BCUT2D eigenvalue weighted by Gasteiger charge is 2.77. The number of fused-ring (bicyclic) bond motifs is 2. The average Bonchev–Trinajstić information content (AvgIpc) is 3.20. The molecule has 1 spiro atoms. The summed E-state index contributed by atoms with van der Waals surface area (Å²) >= 11 is 0. The molecule has 4 saturated carbocycles. The van der Waals surface area contributed by atoms with E-state index >= 15 is 0 Å². The molecular formula is C22H36O5. The zero-order valence-electron chi connectivity index (χ0n) is 17.2. The first-order chi connectivity index (χ1) is 12.5. The van der Waals surface area contributed by atoms with E-state index in [0.717, 1.165) is 32.1 Å². The van der Waals surface area contributed by atoms with Gasteiger partial charge in [-0.2, -0.15) is 0 Å². The molecule has 3 N–H and O–H groups in total. The maximum Gasteiger partial charge on any atom is 0.302 e. The van der Waals surface area contributed by atoms with E-state index in [1.807, 2.05) is 6.92 Å². The van der Waals surface area contributed by atoms with Crippen molar-refractivity contribution in [2.45, 2.75) is 91.0 Å². The van der Waals surface area contributed by atoms with E-state index in [1.54, 1.807) is 0 Å². The van der Waals surface area contributed by atoms with Crippen molar-refractivity contribution >= 4 is 5.97 Å². The third kappa shape index (κ3) is 2.50. The molecule has 0 aromatic carbocycles. The number of hydrogen-bond acceptors (Lipinski definition) is 5. The van der Waals surface area contributed by atoms with Gasteiger partial charge >= 0.3 is 5.97 Å². The fourth-order valence-electron chi connectivity index (χ4n) is 7.94.